The number of carbonyl (C=O) groups excluding carboxylic acids is 2. The van der Waals surface area contributed by atoms with Gasteiger partial charge in [0, 0.05) is 13.0 Å². The van der Waals surface area contributed by atoms with Crippen molar-refractivity contribution in [3.8, 4) is 11.5 Å². The van der Waals surface area contributed by atoms with Gasteiger partial charge in [-0.15, -0.1) is 0 Å². The molecule has 1 aromatic rings. The first-order valence-corrected chi connectivity index (χ1v) is 4.80. The average Bonchev–Trinajstić information content (AvgIpc) is 2.27. The number of phenolic OH excluding ortho intramolecular Hbond substituents is 1. The third-order valence-electron chi connectivity index (χ3n) is 1.86. The van der Waals surface area contributed by atoms with E-state index in [-0.39, 0.29) is 5.75 Å². The fraction of sp³-hybridized carbons (Fsp3) is 0.167. The summed E-state index contributed by atoms with van der Waals surface area (Å²) in [6.45, 7) is 1.15. The molecule has 1 rings (SSSR count). The van der Waals surface area contributed by atoms with E-state index >= 15 is 0 Å². The molecule has 0 spiro atoms. The molecular formula is C12H12O5. The molecule has 5 nitrogen and oxygen atoms in total. The van der Waals surface area contributed by atoms with Crippen LogP contribution in [0, 0.1) is 0 Å². The molecule has 90 valence electrons. The third-order valence-corrected chi connectivity index (χ3v) is 1.86. The largest absolute Gasteiger partial charge is 0.504 e. The molecule has 17 heavy (non-hydrogen) atoms. The molecule has 0 atom stereocenters. The number of carbonyl (C=O) groups is 2. The van der Waals surface area contributed by atoms with Crippen LogP contribution in [0.4, 0.5) is 0 Å². The lowest BCUT2D eigenvalue weighted by Gasteiger charge is -2.03. The van der Waals surface area contributed by atoms with Gasteiger partial charge in [0.05, 0.1) is 7.11 Å². The van der Waals surface area contributed by atoms with Crippen molar-refractivity contribution in [2.45, 2.75) is 6.92 Å². The Kier molecular flexibility index (Phi) is 4.28. The number of aromatic hydroxyl groups is 1. The van der Waals surface area contributed by atoms with Gasteiger partial charge in [-0.3, -0.25) is 4.79 Å². The summed E-state index contributed by atoms with van der Waals surface area (Å²) in [6, 6.07) is 4.58. The number of hydrogen-bond donors (Lipinski definition) is 1. The summed E-state index contributed by atoms with van der Waals surface area (Å²) < 4.78 is 9.21. The second kappa shape index (κ2) is 5.69. The number of esters is 2. The maximum absolute atomic E-state index is 11.0. The van der Waals surface area contributed by atoms with Crippen LogP contribution in [0.25, 0.3) is 6.08 Å². The van der Waals surface area contributed by atoms with Crippen molar-refractivity contribution >= 4 is 18.0 Å². The molecule has 0 aliphatic rings. The molecular weight excluding hydrogens is 224 g/mol. The highest BCUT2D eigenvalue weighted by Gasteiger charge is 2.03. The van der Waals surface area contributed by atoms with Crippen molar-refractivity contribution in [3.05, 3.63) is 29.8 Å². The molecule has 1 aromatic carbocycles. The predicted molar refractivity (Wildman–Crippen MR) is 60.5 cm³/mol. The van der Waals surface area contributed by atoms with Gasteiger partial charge in [0.1, 0.15) is 0 Å². The van der Waals surface area contributed by atoms with Gasteiger partial charge in [-0.05, 0) is 23.8 Å². The van der Waals surface area contributed by atoms with Gasteiger partial charge in [0.2, 0.25) is 0 Å². The van der Waals surface area contributed by atoms with Gasteiger partial charge in [-0.1, -0.05) is 6.07 Å². The summed E-state index contributed by atoms with van der Waals surface area (Å²) >= 11 is 0. The van der Waals surface area contributed by atoms with E-state index in [2.05, 4.69) is 4.74 Å². The Bertz CT molecular complexity index is 462. The van der Waals surface area contributed by atoms with Crippen LogP contribution in [0.15, 0.2) is 24.3 Å². The minimum Gasteiger partial charge on any atom is -0.504 e. The van der Waals surface area contributed by atoms with Crippen molar-refractivity contribution in [1.29, 1.82) is 0 Å². The Morgan fingerprint density at radius 1 is 1.35 bits per heavy atom. The zero-order valence-electron chi connectivity index (χ0n) is 9.47. The van der Waals surface area contributed by atoms with E-state index in [0.29, 0.717) is 11.3 Å². The lowest BCUT2D eigenvalue weighted by molar-refractivity contribution is -0.154. The van der Waals surface area contributed by atoms with E-state index in [1.54, 1.807) is 12.1 Å². The zero-order chi connectivity index (χ0) is 12.8. The van der Waals surface area contributed by atoms with E-state index in [1.165, 1.54) is 19.3 Å². The van der Waals surface area contributed by atoms with Gasteiger partial charge in [-0.2, -0.15) is 0 Å². The Hall–Kier alpha value is -2.30. The highest BCUT2D eigenvalue weighted by Crippen LogP contribution is 2.26. The van der Waals surface area contributed by atoms with Crippen LogP contribution >= 0.6 is 0 Å². The number of methoxy groups -OCH3 is 1. The summed E-state index contributed by atoms with van der Waals surface area (Å²) in [5.41, 5.74) is 0.639. The highest BCUT2D eigenvalue weighted by atomic mass is 16.6. The van der Waals surface area contributed by atoms with Crippen LogP contribution in [0.1, 0.15) is 12.5 Å². The molecule has 0 unspecified atom stereocenters. The number of benzene rings is 1. The topological polar surface area (TPSA) is 72.8 Å². The minimum atomic E-state index is -0.746. The Balaban J connectivity index is 2.78. The fourth-order valence-corrected chi connectivity index (χ4v) is 1.14. The van der Waals surface area contributed by atoms with E-state index in [9.17, 15) is 14.7 Å². The molecule has 0 aromatic heterocycles. The maximum atomic E-state index is 11.0. The van der Waals surface area contributed by atoms with E-state index in [1.807, 2.05) is 0 Å². The molecule has 1 N–H and O–H groups in total. The molecule has 0 amide bonds. The second-order valence-electron chi connectivity index (χ2n) is 3.18. The van der Waals surface area contributed by atoms with Crippen LogP contribution in [0.5, 0.6) is 11.5 Å². The van der Waals surface area contributed by atoms with Crippen LogP contribution in [-0.2, 0) is 14.3 Å². The SMILES string of the molecule is COc1cc(C=CC(=O)OC(C)=O)ccc1O. The summed E-state index contributed by atoms with van der Waals surface area (Å²) in [4.78, 5) is 21.5. The average molecular weight is 236 g/mol. The second-order valence-corrected chi connectivity index (χ2v) is 3.18. The van der Waals surface area contributed by atoms with Crippen LogP contribution < -0.4 is 4.74 Å². The molecule has 0 aliphatic heterocycles. The Labute approximate surface area is 98.3 Å². The standard InChI is InChI=1S/C12H12O5/c1-8(13)17-12(15)6-4-9-3-5-10(14)11(7-9)16-2/h3-7,14H,1-2H3. The Morgan fingerprint density at radius 3 is 2.65 bits per heavy atom. The molecule has 0 saturated heterocycles. The van der Waals surface area contributed by atoms with Crippen molar-refractivity contribution in [3.63, 3.8) is 0 Å². The van der Waals surface area contributed by atoms with Gasteiger partial charge in [0.15, 0.2) is 11.5 Å². The quantitative estimate of drug-likeness (QED) is 0.489. The van der Waals surface area contributed by atoms with Crippen molar-refractivity contribution in [2.24, 2.45) is 0 Å². The van der Waals surface area contributed by atoms with Crippen molar-refractivity contribution in [2.75, 3.05) is 7.11 Å². The van der Waals surface area contributed by atoms with Crippen LogP contribution in [0.3, 0.4) is 0 Å². The lowest BCUT2D eigenvalue weighted by atomic mass is 10.2. The molecule has 0 saturated carbocycles. The van der Waals surface area contributed by atoms with E-state index in [4.69, 9.17) is 4.74 Å². The third kappa shape index (κ3) is 3.98. The maximum Gasteiger partial charge on any atom is 0.338 e. The van der Waals surface area contributed by atoms with Gasteiger partial charge >= 0.3 is 11.9 Å². The summed E-state index contributed by atoms with van der Waals surface area (Å²) in [5.74, 6) is -1.10. The number of rotatable bonds is 3. The molecule has 0 aliphatic carbocycles. The minimum absolute atomic E-state index is 0.0102. The molecule has 0 heterocycles. The van der Waals surface area contributed by atoms with Crippen LogP contribution in [0.2, 0.25) is 0 Å². The van der Waals surface area contributed by atoms with Gasteiger partial charge < -0.3 is 14.6 Å². The predicted octanol–water partition coefficient (Wildman–Crippen LogP) is 1.50. The summed E-state index contributed by atoms with van der Waals surface area (Å²) in [7, 11) is 1.42. The first-order valence-electron chi connectivity index (χ1n) is 4.80. The van der Waals surface area contributed by atoms with Gasteiger partial charge in [-0.25, -0.2) is 4.79 Å². The molecule has 0 bridgehead atoms. The first-order chi connectivity index (χ1) is 8.02. The smallest absolute Gasteiger partial charge is 0.338 e. The molecule has 0 fully saturated rings. The van der Waals surface area contributed by atoms with Gasteiger partial charge in [0.25, 0.3) is 0 Å². The number of phenols is 1. The van der Waals surface area contributed by atoms with Crippen molar-refractivity contribution in [1.82, 2.24) is 0 Å². The zero-order valence-corrected chi connectivity index (χ0v) is 9.47. The van der Waals surface area contributed by atoms with Crippen molar-refractivity contribution < 1.29 is 24.2 Å². The molecule has 5 heteroatoms. The highest BCUT2D eigenvalue weighted by molar-refractivity contribution is 5.94. The fourth-order valence-electron chi connectivity index (χ4n) is 1.14. The summed E-state index contributed by atoms with van der Waals surface area (Å²) in [6.07, 6.45) is 2.57. The number of ether oxygens (including phenoxy) is 2. The lowest BCUT2D eigenvalue weighted by Crippen LogP contribution is -2.05. The first kappa shape index (κ1) is 12.8. The van der Waals surface area contributed by atoms with E-state index in [0.717, 1.165) is 13.0 Å². The number of hydrogen-bond acceptors (Lipinski definition) is 5. The monoisotopic (exact) mass is 236 g/mol. The van der Waals surface area contributed by atoms with E-state index < -0.39 is 11.9 Å². The normalized spacial score (nSPS) is 10.2. The molecule has 0 radical (unpaired) electrons. The Morgan fingerprint density at radius 2 is 2.06 bits per heavy atom. The summed E-state index contributed by atoms with van der Waals surface area (Å²) in [5, 5.41) is 9.35. The van der Waals surface area contributed by atoms with Crippen LogP contribution in [-0.4, -0.2) is 24.2 Å².